The third-order valence-corrected chi connectivity index (χ3v) is 4.02. The maximum Gasteiger partial charge on any atom is 0.264 e. The van der Waals surface area contributed by atoms with E-state index in [9.17, 15) is 4.79 Å². The summed E-state index contributed by atoms with van der Waals surface area (Å²) in [5, 5.41) is 0.118. The van der Waals surface area contributed by atoms with Crippen molar-refractivity contribution in [2.24, 2.45) is 0 Å². The van der Waals surface area contributed by atoms with Crippen LogP contribution in [0.1, 0.15) is 0 Å². The second-order valence-corrected chi connectivity index (χ2v) is 5.50. The first-order valence-corrected chi connectivity index (χ1v) is 6.46. The topological polar surface area (TPSA) is 20.3 Å². The van der Waals surface area contributed by atoms with Crippen molar-refractivity contribution in [3.05, 3.63) is 11.6 Å². The molecular formula is C7H10ClNOS2. The second kappa shape index (κ2) is 5.04. The molecule has 5 heteroatoms. The molecule has 1 aliphatic heterocycles. The fraction of sp³-hybridized carbons (Fsp3) is 0.571. The van der Waals surface area contributed by atoms with Gasteiger partial charge in [0.25, 0.3) is 5.91 Å². The van der Waals surface area contributed by atoms with E-state index in [-0.39, 0.29) is 10.9 Å². The molecule has 1 aliphatic rings. The molecule has 68 valence electrons. The molecule has 0 atom stereocenters. The highest BCUT2D eigenvalue weighted by Gasteiger charge is 2.16. The fourth-order valence-electron chi connectivity index (χ4n) is 0.899. The molecule has 0 bridgehead atoms. The Hall–Kier alpha value is 0.200. The standard InChI is InChI=1S/C7H10ClNOS2/c1-6(8)7(10)9-2-4-11-12-5-3-9/h1-5H2. The molecule has 0 saturated carbocycles. The minimum absolute atomic E-state index is 0.118. The van der Waals surface area contributed by atoms with Crippen molar-refractivity contribution in [1.82, 2.24) is 4.90 Å². The van der Waals surface area contributed by atoms with E-state index < -0.39 is 0 Å². The number of nitrogens with zero attached hydrogens (tertiary/aromatic N) is 1. The monoisotopic (exact) mass is 223 g/mol. The normalized spacial score (nSPS) is 18.6. The van der Waals surface area contributed by atoms with Crippen LogP contribution in [0.5, 0.6) is 0 Å². The average Bonchev–Trinajstić information content (AvgIpc) is 2.30. The zero-order chi connectivity index (χ0) is 8.97. The van der Waals surface area contributed by atoms with Gasteiger partial charge in [0.05, 0.1) is 5.03 Å². The lowest BCUT2D eigenvalue weighted by atomic mass is 10.4. The molecule has 1 amide bonds. The van der Waals surface area contributed by atoms with Gasteiger partial charge >= 0.3 is 0 Å². The summed E-state index contributed by atoms with van der Waals surface area (Å²) < 4.78 is 0. The average molecular weight is 224 g/mol. The SMILES string of the molecule is C=C(Cl)C(=O)N1CCSSCC1. The molecule has 0 aliphatic carbocycles. The number of amides is 1. The molecule has 0 radical (unpaired) electrons. The zero-order valence-corrected chi connectivity index (χ0v) is 8.97. The van der Waals surface area contributed by atoms with E-state index in [0.717, 1.165) is 24.6 Å². The molecule has 1 saturated heterocycles. The quantitative estimate of drug-likeness (QED) is 0.501. The van der Waals surface area contributed by atoms with Gasteiger partial charge in [0.2, 0.25) is 0 Å². The lowest BCUT2D eigenvalue weighted by molar-refractivity contribution is -0.125. The van der Waals surface area contributed by atoms with Crippen LogP contribution in [0.15, 0.2) is 11.6 Å². The molecule has 0 aromatic carbocycles. The molecule has 0 N–H and O–H groups in total. The number of rotatable bonds is 1. The fourth-order valence-corrected chi connectivity index (χ4v) is 3.00. The molecule has 12 heavy (non-hydrogen) atoms. The van der Waals surface area contributed by atoms with Crippen molar-refractivity contribution in [3.63, 3.8) is 0 Å². The largest absolute Gasteiger partial charge is 0.336 e. The third kappa shape index (κ3) is 2.92. The molecule has 1 fully saturated rings. The maximum atomic E-state index is 11.3. The molecule has 1 heterocycles. The molecule has 2 nitrogen and oxygen atoms in total. The van der Waals surface area contributed by atoms with Gasteiger partial charge in [0.15, 0.2) is 0 Å². The van der Waals surface area contributed by atoms with Crippen LogP contribution in [0.2, 0.25) is 0 Å². The minimum atomic E-state index is -0.125. The Labute approximate surface area is 85.1 Å². The highest BCUT2D eigenvalue weighted by atomic mass is 35.5. The van der Waals surface area contributed by atoms with Gasteiger partial charge in [-0.1, -0.05) is 39.8 Å². The van der Waals surface area contributed by atoms with Crippen molar-refractivity contribution in [2.45, 2.75) is 0 Å². The van der Waals surface area contributed by atoms with Gasteiger partial charge in [-0.3, -0.25) is 4.79 Å². The van der Waals surface area contributed by atoms with Crippen molar-refractivity contribution < 1.29 is 4.79 Å². The predicted octanol–water partition coefficient (Wildman–Crippen LogP) is 1.96. The summed E-state index contributed by atoms with van der Waals surface area (Å²) in [5.74, 6) is 1.82. The summed E-state index contributed by atoms with van der Waals surface area (Å²) in [5.41, 5.74) is 0. The van der Waals surface area contributed by atoms with E-state index in [0.29, 0.717) is 0 Å². The van der Waals surface area contributed by atoms with Gasteiger partial charge in [0, 0.05) is 24.6 Å². The van der Waals surface area contributed by atoms with E-state index in [1.165, 1.54) is 0 Å². The summed E-state index contributed by atoms with van der Waals surface area (Å²) in [6, 6.07) is 0. The van der Waals surface area contributed by atoms with E-state index in [4.69, 9.17) is 11.6 Å². The van der Waals surface area contributed by atoms with Crippen LogP contribution in [-0.2, 0) is 4.79 Å². The van der Waals surface area contributed by atoms with Crippen molar-refractivity contribution in [3.8, 4) is 0 Å². The molecule has 0 unspecified atom stereocenters. The third-order valence-electron chi connectivity index (χ3n) is 1.49. The Bertz CT molecular complexity index is 190. The van der Waals surface area contributed by atoms with E-state index >= 15 is 0 Å². The van der Waals surface area contributed by atoms with Crippen LogP contribution in [0, 0.1) is 0 Å². The lowest BCUT2D eigenvalue weighted by Gasteiger charge is -2.18. The Morgan fingerprint density at radius 3 is 2.25 bits per heavy atom. The summed E-state index contributed by atoms with van der Waals surface area (Å²) in [6.07, 6.45) is 0. The number of hydrogen-bond donors (Lipinski definition) is 0. The predicted molar refractivity (Wildman–Crippen MR) is 56.5 cm³/mol. The first-order valence-electron chi connectivity index (χ1n) is 3.60. The molecule has 0 aromatic heterocycles. The van der Waals surface area contributed by atoms with Crippen LogP contribution in [0.25, 0.3) is 0 Å². The second-order valence-electron chi connectivity index (χ2n) is 2.34. The summed E-state index contributed by atoms with van der Waals surface area (Å²) >= 11 is 5.52. The number of carbonyl (C=O) groups is 1. The van der Waals surface area contributed by atoms with Gasteiger partial charge < -0.3 is 4.90 Å². The van der Waals surface area contributed by atoms with Crippen LogP contribution in [-0.4, -0.2) is 35.4 Å². The summed E-state index contributed by atoms with van der Waals surface area (Å²) in [6.45, 7) is 4.98. The van der Waals surface area contributed by atoms with Crippen molar-refractivity contribution in [1.29, 1.82) is 0 Å². The molecule has 0 spiro atoms. The Morgan fingerprint density at radius 1 is 1.33 bits per heavy atom. The van der Waals surface area contributed by atoms with Crippen molar-refractivity contribution in [2.75, 3.05) is 24.6 Å². The summed E-state index contributed by atoms with van der Waals surface area (Å²) in [4.78, 5) is 13.1. The molecule has 0 aromatic rings. The van der Waals surface area contributed by atoms with Gasteiger partial charge in [-0.25, -0.2) is 0 Å². The van der Waals surface area contributed by atoms with E-state index in [1.54, 1.807) is 26.5 Å². The number of halogens is 1. The Balaban J connectivity index is 2.48. The lowest BCUT2D eigenvalue weighted by Crippen LogP contribution is -2.33. The first-order chi connectivity index (χ1) is 5.72. The van der Waals surface area contributed by atoms with Crippen LogP contribution in [0.4, 0.5) is 0 Å². The smallest absolute Gasteiger partial charge is 0.264 e. The molecule has 1 rings (SSSR count). The Kier molecular flexibility index (Phi) is 4.32. The van der Waals surface area contributed by atoms with Crippen LogP contribution < -0.4 is 0 Å². The highest BCUT2D eigenvalue weighted by molar-refractivity contribution is 8.76. The van der Waals surface area contributed by atoms with Gasteiger partial charge in [-0.15, -0.1) is 0 Å². The first kappa shape index (κ1) is 10.3. The summed E-state index contributed by atoms with van der Waals surface area (Å²) in [7, 11) is 3.60. The number of carbonyl (C=O) groups excluding carboxylic acids is 1. The maximum absolute atomic E-state index is 11.3. The van der Waals surface area contributed by atoms with Gasteiger partial charge in [0.1, 0.15) is 0 Å². The van der Waals surface area contributed by atoms with Gasteiger partial charge in [-0.2, -0.15) is 0 Å². The Morgan fingerprint density at radius 2 is 1.83 bits per heavy atom. The molecular weight excluding hydrogens is 214 g/mol. The van der Waals surface area contributed by atoms with Crippen LogP contribution >= 0.6 is 33.2 Å². The number of hydrogen-bond acceptors (Lipinski definition) is 3. The van der Waals surface area contributed by atoms with Crippen LogP contribution in [0.3, 0.4) is 0 Å². The van der Waals surface area contributed by atoms with E-state index in [2.05, 4.69) is 6.58 Å². The minimum Gasteiger partial charge on any atom is -0.336 e. The van der Waals surface area contributed by atoms with E-state index in [1.807, 2.05) is 0 Å². The van der Waals surface area contributed by atoms with Gasteiger partial charge in [-0.05, 0) is 0 Å². The zero-order valence-electron chi connectivity index (χ0n) is 6.59. The van der Waals surface area contributed by atoms with Crippen molar-refractivity contribution >= 4 is 39.1 Å². The highest BCUT2D eigenvalue weighted by Crippen LogP contribution is 2.24.